The summed E-state index contributed by atoms with van der Waals surface area (Å²) in [5.41, 5.74) is 6.05. The highest BCUT2D eigenvalue weighted by atomic mass is 19.1. The molecule has 1 amide bonds. The van der Waals surface area contributed by atoms with Crippen molar-refractivity contribution in [1.82, 2.24) is 10.3 Å². The van der Waals surface area contributed by atoms with Crippen molar-refractivity contribution in [2.45, 2.75) is 40.2 Å². The number of nitrogens with zero attached hydrogens (tertiary/aromatic N) is 1. The average Bonchev–Trinajstić information content (AvgIpc) is 2.57. The van der Waals surface area contributed by atoms with Crippen molar-refractivity contribution in [1.29, 1.82) is 0 Å². The molecule has 0 radical (unpaired) electrons. The summed E-state index contributed by atoms with van der Waals surface area (Å²) >= 11 is 0. The first-order valence-corrected chi connectivity index (χ1v) is 8.78. The molecule has 7 heteroatoms. The summed E-state index contributed by atoms with van der Waals surface area (Å²) in [7, 11) is 0. The lowest BCUT2D eigenvalue weighted by Crippen LogP contribution is -2.17. The van der Waals surface area contributed by atoms with Crippen LogP contribution in [0.25, 0.3) is 0 Å². The molecular formula is C20H25F2N3O2. The molecule has 0 atom stereocenters. The van der Waals surface area contributed by atoms with Crippen LogP contribution >= 0.6 is 0 Å². The van der Waals surface area contributed by atoms with Gasteiger partial charge in [-0.05, 0) is 48.6 Å². The summed E-state index contributed by atoms with van der Waals surface area (Å²) < 4.78 is 33.7. The van der Waals surface area contributed by atoms with Gasteiger partial charge in [0.25, 0.3) is 0 Å². The maximum Gasteiger partial charge on any atom is 0.250 e. The van der Waals surface area contributed by atoms with Gasteiger partial charge in [0.15, 0.2) is 11.6 Å². The number of ether oxygens (including phenoxy) is 1. The zero-order chi connectivity index (χ0) is 20.0. The summed E-state index contributed by atoms with van der Waals surface area (Å²) in [6, 6.07) is 5.15. The molecule has 3 N–H and O–H groups in total. The Bertz CT molecular complexity index is 764. The lowest BCUT2D eigenvalue weighted by Gasteiger charge is -2.17. The smallest absolute Gasteiger partial charge is 0.250 e. The molecule has 1 aromatic carbocycles. The summed E-state index contributed by atoms with van der Waals surface area (Å²) in [6.07, 6.45) is 3.24. The molecule has 27 heavy (non-hydrogen) atoms. The molecule has 5 nitrogen and oxygen atoms in total. The van der Waals surface area contributed by atoms with E-state index in [9.17, 15) is 13.6 Å². The van der Waals surface area contributed by atoms with Crippen molar-refractivity contribution in [3.63, 3.8) is 0 Å². The second-order valence-electron chi connectivity index (χ2n) is 7.58. The molecule has 0 spiro atoms. The molecule has 0 unspecified atom stereocenters. The van der Waals surface area contributed by atoms with Crippen LogP contribution in [0.3, 0.4) is 0 Å². The normalized spacial score (nSPS) is 11.4. The summed E-state index contributed by atoms with van der Waals surface area (Å²) in [5, 5.41) is 3.18. The van der Waals surface area contributed by atoms with E-state index in [-0.39, 0.29) is 16.9 Å². The Morgan fingerprint density at radius 2 is 1.89 bits per heavy atom. The summed E-state index contributed by atoms with van der Waals surface area (Å²) in [4.78, 5) is 14.8. The first kappa shape index (κ1) is 20.8. The Labute approximate surface area is 157 Å². The highest BCUT2D eigenvalue weighted by Crippen LogP contribution is 2.28. The number of aromatic nitrogens is 1. The first-order valence-electron chi connectivity index (χ1n) is 8.78. The van der Waals surface area contributed by atoms with E-state index >= 15 is 0 Å². The zero-order valence-corrected chi connectivity index (χ0v) is 15.8. The highest BCUT2D eigenvalue weighted by molar-refractivity contribution is 5.92. The number of pyridine rings is 1. The van der Waals surface area contributed by atoms with Crippen LogP contribution in [0.5, 0.6) is 11.6 Å². The van der Waals surface area contributed by atoms with Crippen LogP contribution in [-0.2, 0) is 6.54 Å². The topological polar surface area (TPSA) is 77.2 Å². The third-order valence-electron chi connectivity index (χ3n) is 3.90. The predicted molar refractivity (Wildman–Crippen MR) is 99.6 cm³/mol. The number of hydrogen-bond donors (Lipinski definition) is 2. The van der Waals surface area contributed by atoms with Crippen molar-refractivity contribution in [2.75, 3.05) is 6.54 Å². The van der Waals surface area contributed by atoms with Gasteiger partial charge < -0.3 is 15.8 Å². The minimum absolute atomic E-state index is 0.0362. The van der Waals surface area contributed by atoms with E-state index in [0.29, 0.717) is 12.1 Å². The Hall–Kier alpha value is -2.54. The fourth-order valence-electron chi connectivity index (χ4n) is 2.48. The number of hydrogen-bond acceptors (Lipinski definition) is 4. The van der Waals surface area contributed by atoms with E-state index < -0.39 is 23.3 Å². The molecule has 0 aliphatic rings. The van der Waals surface area contributed by atoms with Gasteiger partial charge >= 0.3 is 0 Å². The van der Waals surface area contributed by atoms with E-state index in [1.807, 2.05) is 0 Å². The van der Waals surface area contributed by atoms with Crippen molar-refractivity contribution in [3.05, 3.63) is 53.2 Å². The molecule has 0 saturated heterocycles. The molecule has 2 rings (SSSR count). The number of carbonyl (C=O) groups excluding carboxylic acids is 1. The summed E-state index contributed by atoms with van der Waals surface area (Å²) in [6.45, 7) is 7.66. The Morgan fingerprint density at radius 1 is 1.22 bits per heavy atom. The molecule has 0 aliphatic heterocycles. The fraction of sp³-hybridized carbons (Fsp3) is 0.400. The van der Waals surface area contributed by atoms with Crippen LogP contribution in [0.2, 0.25) is 0 Å². The third kappa shape index (κ3) is 6.60. The Kier molecular flexibility index (Phi) is 6.85. The SMILES string of the molecule is CC(C)(C)CCCNCc1cc(F)c(Oc2ccc(C(N)=O)cn2)c(F)c1. The number of nitrogens with one attached hydrogen (secondary N) is 1. The van der Waals surface area contributed by atoms with E-state index in [1.54, 1.807) is 0 Å². The number of primary amides is 1. The highest BCUT2D eigenvalue weighted by Gasteiger charge is 2.15. The molecule has 1 aromatic heterocycles. The minimum Gasteiger partial charge on any atom is -0.433 e. The number of carbonyl (C=O) groups is 1. The van der Waals surface area contributed by atoms with Gasteiger partial charge in [-0.1, -0.05) is 20.8 Å². The first-order chi connectivity index (χ1) is 12.7. The Morgan fingerprint density at radius 3 is 2.41 bits per heavy atom. The van der Waals surface area contributed by atoms with Crippen molar-refractivity contribution in [3.8, 4) is 11.6 Å². The van der Waals surface area contributed by atoms with Gasteiger partial charge in [-0.25, -0.2) is 13.8 Å². The van der Waals surface area contributed by atoms with Crippen LogP contribution in [-0.4, -0.2) is 17.4 Å². The van der Waals surface area contributed by atoms with E-state index in [4.69, 9.17) is 10.5 Å². The lowest BCUT2D eigenvalue weighted by molar-refractivity contribution is 0.1000. The molecule has 146 valence electrons. The molecule has 2 aromatic rings. The number of benzene rings is 1. The number of halogens is 2. The maximum absolute atomic E-state index is 14.2. The van der Waals surface area contributed by atoms with Crippen LogP contribution in [0, 0.1) is 17.0 Å². The van der Waals surface area contributed by atoms with Gasteiger partial charge in [-0.15, -0.1) is 0 Å². The van der Waals surface area contributed by atoms with Gasteiger partial charge in [0, 0.05) is 18.8 Å². The van der Waals surface area contributed by atoms with Crippen LogP contribution in [0.1, 0.15) is 49.5 Å². The second kappa shape index (κ2) is 8.90. The van der Waals surface area contributed by atoms with Gasteiger partial charge in [-0.2, -0.15) is 0 Å². The van der Waals surface area contributed by atoms with E-state index in [1.165, 1.54) is 30.5 Å². The van der Waals surface area contributed by atoms with Crippen molar-refractivity contribution < 1.29 is 18.3 Å². The fourth-order valence-corrected chi connectivity index (χ4v) is 2.48. The molecule has 0 fully saturated rings. The molecule has 0 bridgehead atoms. The van der Waals surface area contributed by atoms with Gasteiger partial charge in [0.05, 0.1) is 5.56 Å². The molecular weight excluding hydrogens is 352 g/mol. The van der Waals surface area contributed by atoms with E-state index in [0.717, 1.165) is 19.4 Å². The monoisotopic (exact) mass is 377 g/mol. The number of rotatable bonds is 8. The van der Waals surface area contributed by atoms with E-state index in [2.05, 4.69) is 31.1 Å². The van der Waals surface area contributed by atoms with Crippen molar-refractivity contribution >= 4 is 5.91 Å². The van der Waals surface area contributed by atoms with Gasteiger partial charge in [0.2, 0.25) is 17.5 Å². The standard InChI is InChI=1S/C20H25F2N3O2/c1-20(2,3)7-4-8-24-11-13-9-15(21)18(16(22)10-13)27-17-6-5-14(12-25-17)19(23)26/h5-6,9-10,12,24H,4,7-8,11H2,1-3H3,(H2,23,26). The van der Waals surface area contributed by atoms with Crippen LogP contribution < -0.4 is 15.8 Å². The Balaban J connectivity index is 1.96. The van der Waals surface area contributed by atoms with Gasteiger partial charge in [-0.3, -0.25) is 4.79 Å². The largest absolute Gasteiger partial charge is 0.433 e. The average molecular weight is 377 g/mol. The van der Waals surface area contributed by atoms with Crippen LogP contribution in [0.15, 0.2) is 30.5 Å². The quantitative estimate of drug-likeness (QED) is 0.677. The number of nitrogens with two attached hydrogens (primary N) is 1. The summed E-state index contributed by atoms with van der Waals surface area (Å²) in [5.74, 6) is -2.85. The van der Waals surface area contributed by atoms with Crippen LogP contribution in [0.4, 0.5) is 8.78 Å². The molecule has 0 aliphatic carbocycles. The zero-order valence-electron chi connectivity index (χ0n) is 15.8. The maximum atomic E-state index is 14.2. The third-order valence-corrected chi connectivity index (χ3v) is 3.90. The minimum atomic E-state index is -0.817. The van der Waals surface area contributed by atoms with Gasteiger partial charge in [0.1, 0.15) is 0 Å². The second-order valence-corrected chi connectivity index (χ2v) is 7.58. The lowest BCUT2D eigenvalue weighted by atomic mass is 9.91. The van der Waals surface area contributed by atoms with Crippen molar-refractivity contribution in [2.24, 2.45) is 11.1 Å². The predicted octanol–water partition coefficient (Wildman–Crippen LogP) is 4.17. The molecule has 0 saturated carbocycles. The molecule has 1 heterocycles. The number of amides is 1.